The van der Waals surface area contributed by atoms with Gasteiger partial charge in [0.1, 0.15) is 0 Å². The largest absolute Gasteiger partial charge is 0.392 e. The van der Waals surface area contributed by atoms with Crippen molar-refractivity contribution < 1.29 is 9.90 Å². The molecule has 0 aliphatic heterocycles. The Balaban J connectivity index is 2.04. The Kier molecular flexibility index (Phi) is 5.17. The summed E-state index contributed by atoms with van der Waals surface area (Å²) in [4.78, 5) is 13.6. The quantitative estimate of drug-likeness (QED) is 0.892. The van der Waals surface area contributed by atoms with Gasteiger partial charge in [0.25, 0.3) is 5.91 Å². The Morgan fingerprint density at radius 2 is 1.73 bits per heavy atom. The standard InChI is InChI=1S/C18H22N2O2/c1-13-10-16(8-9-17(13)18(22)20(2)3)19-11-14-4-6-15(12-21)7-5-14/h4-10,19,21H,11-12H2,1-3H3. The fourth-order valence-corrected chi connectivity index (χ4v) is 2.22. The number of anilines is 1. The summed E-state index contributed by atoms with van der Waals surface area (Å²) < 4.78 is 0. The molecule has 2 aromatic carbocycles. The molecule has 4 nitrogen and oxygen atoms in total. The maximum Gasteiger partial charge on any atom is 0.253 e. The van der Waals surface area contributed by atoms with Gasteiger partial charge in [-0.15, -0.1) is 0 Å². The van der Waals surface area contributed by atoms with Crippen LogP contribution in [0.2, 0.25) is 0 Å². The number of carbonyl (C=O) groups is 1. The maximum atomic E-state index is 12.0. The number of aryl methyl sites for hydroxylation is 1. The number of amides is 1. The molecule has 0 heterocycles. The zero-order chi connectivity index (χ0) is 16.1. The number of nitrogens with zero attached hydrogens (tertiary/aromatic N) is 1. The second kappa shape index (κ2) is 7.09. The van der Waals surface area contributed by atoms with Crippen LogP contribution in [0.25, 0.3) is 0 Å². The normalized spacial score (nSPS) is 10.4. The summed E-state index contributed by atoms with van der Waals surface area (Å²) in [6.45, 7) is 2.71. The number of aliphatic hydroxyl groups is 1. The summed E-state index contributed by atoms with van der Waals surface area (Å²) in [5.74, 6) is 0.0173. The molecule has 0 aromatic heterocycles. The Bertz CT molecular complexity index is 649. The van der Waals surface area contributed by atoms with Crippen LogP contribution < -0.4 is 5.32 Å². The van der Waals surface area contributed by atoms with Crippen molar-refractivity contribution in [1.29, 1.82) is 0 Å². The Labute approximate surface area is 131 Å². The number of nitrogens with one attached hydrogen (secondary N) is 1. The summed E-state index contributed by atoms with van der Waals surface area (Å²) >= 11 is 0. The molecule has 2 N–H and O–H groups in total. The molecule has 0 spiro atoms. The van der Waals surface area contributed by atoms with E-state index in [0.717, 1.165) is 27.9 Å². The second-order valence-electron chi connectivity index (χ2n) is 5.56. The molecule has 0 saturated carbocycles. The van der Waals surface area contributed by atoms with Gasteiger partial charge < -0.3 is 15.3 Å². The molecular formula is C18H22N2O2. The molecule has 0 atom stereocenters. The van der Waals surface area contributed by atoms with Crippen molar-refractivity contribution in [2.45, 2.75) is 20.1 Å². The van der Waals surface area contributed by atoms with Crippen molar-refractivity contribution in [2.24, 2.45) is 0 Å². The van der Waals surface area contributed by atoms with E-state index in [1.807, 2.05) is 49.4 Å². The van der Waals surface area contributed by atoms with Gasteiger partial charge >= 0.3 is 0 Å². The van der Waals surface area contributed by atoms with Crippen LogP contribution in [-0.4, -0.2) is 30.0 Å². The molecule has 0 fully saturated rings. The lowest BCUT2D eigenvalue weighted by molar-refractivity contribution is 0.0827. The molecule has 0 aliphatic carbocycles. The molecule has 0 unspecified atom stereocenters. The van der Waals surface area contributed by atoms with Gasteiger partial charge in [0.15, 0.2) is 0 Å². The molecule has 0 radical (unpaired) electrons. The monoisotopic (exact) mass is 298 g/mol. The third kappa shape index (κ3) is 3.86. The van der Waals surface area contributed by atoms with Gasteiger partial charge in [-0.25, -0.2) is 0 Å². The highest BCUT2D eigenvalue weighted by Crippen LogP contribution is 2.17. The van der Waals surface area contributed by atoms with Crippen molar-refractivity contribution in [2.75, 3.05) is 19.4 Å². The fourth-order valence-electron chi connectivity index (χ4n) is 2.22. The summed E-state index contributed by atoms with van der Waals surface area (Å²) in [5, 5.41) is 12.4. The first-order valence-electron chi connectivity index (χ1n) is 7.26. The van der Waals surface area contributed by atoms with Crippen LogP contribution >= 0.6 is 0 Å². The number of hydrogen-bond donors (Lipinski definition) is 2. The molecule has 4 heteroatoms. The van der Waals surface area contributed by atoms with Crippen LogP contribution in [0.3, 0.4) is 0 Å². The number of hydrogen-bond acceptors (Lipinski definition) is 3. The Morgan fingerprint density at radius 1 is 1.09 bits per heavy atom. The first kappa shape index (κ1) is 16.0. The Morgan fingerprint density at radius 3 is 2.27 bits per heavy atom. The molecule has 0 bridgehead atoms. The molecule has 22 heavy (non-hydrogen) atoms. The zero-order valence-electron chi connectivity index (χ0n) is 13.3. The minimum absolute atomic E-state index is 0.0173. The minimum Gasteiger partial charge on any atom is -0.392 e. The van der Waals surface area contributed by atoms with E-state index in [9.17, 15) is 4.79 Å². The predicted octanol–water partition coefficient (Wildman–Crippen LogP) is 2.80. The summed E-state index contributed by atoms with van der Waals surface area (Å²) in [7, 11) is 3.51. The predicted molar refractivity (Wildman–Crippen MR) is 88.9 cm³/mol. The summed E-state index contributed by atoms with van der Waals surface area (Å²) in [6.07, 6.45) is 0. The third-order valence-corrected chi connectivity index (χ3v) is 3.57. The van der Waals surface area contributed by atoms with Gasteiger partial charge in [-0.3, -0.25) is 4.79 Å². The smallest absolute Gasteiger partial charge is 0.253 e. The SMILES string of the molecule is Cc1cc(NCc2ccc(CO)cc2)ccc1C(=O)N(C)C. The van der Waals surface area contributed by atoms with Gasteiger partial charge in [-0.1, -0.05) is 24.3 Å². The first-order valence-corrected chi connectivity index (χ1v) is 7.26. The highest BCUT2D eigenvalue weighted by molar-refractivity contribution is 5.95. The van der Waals surface area contributed by atoms with E-state index in [1.165, 1.54) is 0 Å². The van der Waals surface area contributed by atoms with Crippen LogP contribution in [0.15, 0.2) is 42.5 Å². The van der Waals surface area contributed by atoms with Crippen LogP contribution in [0.4, 0.5) is 5.69 Å². The van der Waals surface area contributed by atoms with Gasteiger partial charge in [-0.05, 0) is 41.8 Å². The highest BCUT2D eigenvalue weighted by atomic mass is 16.3. The lowest BCUT2D eigenvalue weighted by Gasteiger charge is -2.14. The molecule has 0 aliphatic rings. The van der Waals surface area contributed by atoms with E-state index in [4.69, 9.17) is 5.11 Å². The molecule has 1 amide bonds. The maximum absolute atomic E-state index is 12.0. The average Bonchev–Trinajstić information content (AvgIpc) is 2.52. The van der Waals surface area contributed by atoms with Crippen molar-refractivity contribution in [1.82, 2.24) is 4.90 Å². The van der Waals surface area contributed by atoms with E-state index in [2.05, 4.69) is 5.32 Å². The topological polar surface area (TPSA) is 52.6 Å². The van der Waals surface area contributed by atoms with E-state index in [-0.39, 0.29) is 12.5 Å². The van der Waals surface area contributed by atoms with Crippen molar-refractivity contribution >= 4 is 11.6 Å². The van der Waals surface area contributed by atoms with Gasteiger partial charge in [0.2, 0.25) is 0 Å². The van der Waals surface area contributed by atoms with Gasteiger partial charge in [0, 0.05) is 31.9 Å². The molecule has 2 aromatic rings. The number of aliphatic hydroxyl groups excluding tert-OH is 1. The van der Waals surface area contributed by atoms with Crippen LogP contribution in [0.5, 0.6) is 0 Å². The first-order chi connectivity index (χ1) is 10.5. The summed E-state index contributed by atoms with van der Waals surface area (Å²) in [6, 6.07) is 13.6. The van der Waals surface area contributed by atoms with E-state index in [1.54, 1.807) is 19.0 Å². The minimum atomic E-state index is 0.0173. The van der Waals surface area contributed by atoms with Gasteiger partial charge in [0.05, 0.1) is 6.61 Å². The second-order valence-corrected chi connectivity index (χ2v) is 5.56. The summed E-state index contributed by atoms with van der Waals surface area (Å²) in [5.41, 5.74) is 4.72. The molecule has 0 saturated heterocycles. The molecular weight excluding hydrogens is 276 g/mol. The fraction of sp³-hybridized carbons (Fsp3) is 0.278. The van der Waals surface area contributed by atoms with Gasteiger partial charge in [-0.2, -0.15) is 0 Å². The van der Waals surface area contributed by atoms with Crippen LogP contribution in [0.1, 0.15) is 27.0 Å². The zero-order valence-corrected chi connectivity index (χ0v) is 13.3. The van der Waals surface area contributed by atoms with E-state index >= 15 is 0 Å². The third-order valence-electron chi connectivity index (χ3n) is 3.57. The number of rotatable bonds is 5. The number of carbonyl (C=O) groups excluding carboxylic acids is 1. The van der Waals surface area contributed by atoms with Crippen LogP contribution in [0, 0.1) is 6.92 Å². The number of benzene rings is 2. The highest BCUT2D eigenvalue weighted by Gasteiger charge is 2.11. The van der Waals surface area contributed by atoms with E-state index < -0.39 is 0 Å². The average molecular weight is 298 g/mol. The lowest BCUT2D eigenvalue weighted by Crippen LogP contribution is -2.22. The lowest BCUT2D eigenvalue weighted by atomic mass is 10.1. The molecule has 116 valence electrons. The van der Waals surface area contributed by atoms with Crippen molar-refractivity contribution in [3.8, 4) is 0 Å². The Hall–Kier alpha value is -2.33. The van der Waals surface area contributed by atoms with E-state index in [0.29, 0.717) is 6.54 Å². The van der Waals surface area contributed by atoms with Crippen LogP contribution in [-0.2, 0) is 13.2 Å². The van der Waals surface area contributed by atoms with Crippen molar-refractivity contribution in [3.05, 3.63) is 64.7 Å². The van der Waals surface area contributed by atoms with Crippen molar-refractivity contribution in [3.63, 3.8) is 0 Å². The molecule has 2 rings (SSSR count).